The molecule has 2 aromatic rings. The van der Waals surface area contributed by atoms with E-state index in [1.54, 1.807) is 6.07 Å². The second kappa shape index (κ2) is 12.5. The summed E-state index contributed by atoms with van der Waals surface area (Å²) in [4.78, 5) is 37.5. The van der Waals surface area contributed by atoms with Crippen LogP contribution in [0.4, 0.5) is 5.95 Å². The van der Waals surface area contributed by atoms with Gasteiger partial charge in [0, 0.05) is 25.2 Å². The summed E-state index contributed by atoms with van der Waals surface area (Å²) in [5.41, 5.74) is 5.11. The molecule has 0 saturated carbocycles. The number of nitrogens with one attached hydrogen (secondary N) is 5. The number of imidazole rings is 1. The van der Waals surface area contributed by atoms with Gasteiger partial charge < -0.3 is 20.7 Å². The Bertz CT molecular complexity index is 1150. The van der Waals surface area contributed by atoms with Gasteiger partial charge in [-0.1, -0.05) is 18.2 Å². The molecule has 0 radical (unpaired) electrons. The number of hydrogen-bond donors (Lipinski definition) is 6. The molecule has 37 heavy (non-hydrogen) atoms. The molecule has 13 heteroatoms. The van der Waals surface area contributed by atoms with Crippen LogP contribution in [0.5, 0.6) is 0 Å². The Labute approximate surface area is 216 Å². The average molecular weight is 535 g/mol. The highest BCUT2D eigenvalue weighted by atomic mass is 32.2. The van der Waals surface area contributed by atoms with Crippen LogP contribution in [0.25, 0.3) is 0 Å². The predicted octanol–water partition coefficient (Wildman–Crippen LogP) is 1.08. The minimum atomic E-state index is -4.05. The zero-order valence-corrected chi connectivity index (χ0v) is 21.4. The summed E-state index contributed by atoms with van der Waals surface area (Å²) in [6, 6.07) is 5.30. The summed E-state index contributed by atoms with van der Waals surface area (Å²) in [5, 5.41) is 15.3. The number of carboxylic acid groups (broad SMARTS) is 1. The SMILES string of the molecule is O=C(O)C(CNC(=O)C1CC(CCCCNc2nc3c([nH]2)CCCC3)ON1)NS(=O)(=O)c1ccccc1. The molecular weight excluding hydrogens is 500 g/mol. The summed E-state index contributed by atoms with van der Waals surface area (Å²) in [6.07, 6.45) is 7.38. The Morgan fingerprint density at radius 1 is 1.16 bits per heavy atom. The number of rotatable bonds is 13. The summed E-state index contributed by atoms with van der Waals surface area (Å²) in [7, 11) is -4.05. The van der Waals surface area contributed by atoms with Crippen molar-refractivity contribution in [1.82, 2.24) is 25.5 Å². The van der Waals surface area contributed by atoms with Crippen LogP contribution in [0, 0.1) is 0 Å². The van der Waals surface area contributed by atoms with E-state index in [2.05, 4.69) is 30.8 Å². The van der Waals surface area contributed by atoms with Gasteiger partial charge in [0.1, 0.15) is 12.1 Å². The maximum atomic E-state index is 12.5. The van der Waals surface area contributed by atoms with E-state index in [1.807, 2.05) is 0 Å². The summed E-state index contributed by atoms with van der Waals surface area (Å²) in [5.74, 6) is -1.01. The third-order valence-corrected chi connectivity index (χ3v) is 8.01. The van der Waals surface area contributed by atoms with E-state index in [1.165, 1.54) is 48.5 Å². The second-order valence-electron chi connectivity index (χ2n) is 9.36. The molecule has 2 heterocycles. The van der Waals surface area contributed by atoms with Crippen LogP contribution in [0.2, 0.25) is 0 Å². The maximum Gasteiger partial charge on any atom is 0.323 e. The molecule has 6 N–H and O–H groups in total. The van der Waals surface area contributed by atoms with E-state index in [4.69, 9.17) is 4.84 Å². The standard InChI is InChI=1S/C24H34N6O6S/c31-22(26-15-21(23(32)33)30-37(34,35)17-9-2-1-3-10-17)20-14-16(36-29-20)8-6-7-13-25-24-27-18-11-4-5-12-19(18)28-24/h1-3,9-10,16,20-21,29-30H,4-8,11-15H2,(H,26,31)(H,32,33)(H2,25,27,28). The zero-order valence-electron chi connectivity index (χ0n) is 20.5. The Morgan fingerprint density at radius 2 is 1.95 bits per heavy atom. The zero-order chi connectivity index (χ0) is 26.3. The smallest absolute Gasteiger partial charge is 0.323 e. The molecule has 1 fully saturated rings. The fourth-order valence-electron chi connectivity index (χ4n) is 4.48. The number of carboxylic acids is 1. The molecule has 1 aliphatic carbocycles. The van der Waals surface area contributed by atoms with Gasteiger partial charge in [-0.2, -0.15) is 10.2 Å². The van der Waals surface area contributed by atoms with Crippen molar-refractivity contribution in [3.05, 3.63) is 41.7 Å². The highest BCUT2D eigenvalue weighted by molar-refractivity contribution is 7.89. The predicted molar refractivity (Wildman–Crippen MR) is 135 cm³/mol. The number of aromatic nitrogens is 2. The van der Waals surface area contributed by atoms with Crippen molar-refractivity contribution < 1.29 is 28.0 Å². The van der Waals surface area contributed by atoms with E-state index in [-0.39, 0.29) is 11.0 Å². The number of hydroxylamine groups is 1. The summed E-state index contributed by atoms with van der Waals surface area (Å²) < 4.78 is 27.0. The molecule has 3 atom stereocenters. The van der Waals surface area contributed by atoms with Crippen molar-refractivity contribution in [3.63, 3.8) is 0 Å². The van der Waals surface area contributed by atoms with E-state index < -0.39 is 40.5 Å². The van der Waals surface area contributed by atoms with Gasteiger partial charge in [-0.3, -0.25) is 14.4 Å². The van der Waals surface area contributed by atoms with Gasteiger partial charge in [-0.25, -0.2) is 13.4 Å². The summed E-state index contributed by atoms with van der Waals surface area (Å²) >= 11 is 0. The molecule has 1 aromatic carbocycles. The van der Waals surface area contributed by atoms with Gasteiger partial charge in [-0.05, 0) is 57.1 Å². The number of hydrogen-bond acceptors (Lipinski definition) is 8. The van der Waals surface area contributed by atoms with Crippen molar-refractivity contribution in [2.24, 2.45) is 0 Å². The lowest BCUT2D eigenvalue weighted by molar-refractivity contribution is -0.139. The molecule has 202 valence electrons. The lowest BCUT2D eigenvalue weighted by atomic mass is 10.0. The number of anilines is 1. The molecule has 1 saturated heterocycles. The van der Waals surface area contributed by atoms with Crippen molar-refractivity contribution >= 4 is 27.8 Å². The fraction of sp³-hybridized carbons (Fsp3) is 0.542. The molecule has 4 rings (SSSR count). The minimum Gasteiger partial charge on any atom is -0.480 e. The number of benzene rings is 1. The first-order valence-electron chi connectivity index (χ1n) is 12.6. The average Bonchev–Trinajstić information content (AvgIpc) is 3.53. The largest absolute Gasteiger partial charge is 0.480 e. The molecule has 1 aliphatic heterocycles. The fourth-order valence-corrected chi connectivity index (χ4v) is 5.69. The van der Waals surface area contributed by atoms with Crippen LogP contribution in [0.1, 0.15) is 49.9 Å². The maximum absolute atomic E-state index is 12.5. The topological polar surface area (TPSA) is 175 Å². The van der Waals surface area contributed by atoms with Crippen molar-refractivity contribution in [2.45, 2.75) is 74.4 Å². The minimum absolute atomic E-state index is 0.0558. The molecule has 3 unspecified atom stereocenters. The van der Waals surface area contributed by atoms with Crippen LogP contribution in [0.3, 0.4) is 0 Å². The third-order valence-electron chi connectivity index (χ3n) is 6.52. The number of H-pyrrole nitrogens is 1. The lowest BCUT2D eigenvalue weighted by Gasteiger charge is -2.17. The number of amides is 1. The van der Waals surface area contributed by atoms with Crippen molar-refractivity contribution in [1.29, 1.82) is 0 Å². The molecule has 1 amide bonds. The van der Waals surface area contributed by atoms with E-state index >= 15 is 0 Å². The van der Waals surface area contributed by atoms with Gasteiger partial charge in [0.25, 0.3) is 0 Å². The first-order valence-corrected chi connectivity index (χ1v) is 14.1. The van der Waals surface area contributed by atoms with Gasteiger partial charge in [0.15, 0.2) is 0 Å². The number of sulfonamides is 1. The Morgan fingerprint density at radius 3 is 2.70 bits per heavy atom. The van der Waals surface area contributed by atoms with Gasteiger partial charge in [0.2, 0.25) is 21.9 Å². The first kappa shape index (κ1) is 27.0. The number of fused-ring (bicyclic) bond motifs is 1. The Kier molecular flexibility index (Phi) is 9.14. The molecule has 12 nitrogen and oxygen atoms in total. The first-order chi connectivity index (χ1) is 17.8. The highest BCUT2D eigenvalue weighted by Crippen LogP contribution is 2.21. The van der Waals surface area contributed by atoms with Crippen molar-refractivity contribution in [2.75, 3.05) is 18.4 Å². The van der Waals surface area contributed by atoms with Crippen LogP contribution >= 0.6 is 0 Å². The second-order valence-corrected chi connectivity index (χ2v) is 11.1. The number of carbonyl (C=O) groups is 2. The quantitative estimate of drug-likeness (QED) is 0.205. The highest BCUT2D eigenvalue weighted by Gasteiger charge is 2.32. The monoisotopic (exact) mass is 534 g/mol. The number of aliphatic carboxylic acids is 1. The number of nitrogens with zero attached hydrogens (tertiary/aromatic N) is 1. The van der Waals surface area contributed by atoms with E-state index in [0.29, 0.717) is 6.42 Å². The van der Waals surface area contributed by atoms with Crippen LogP contribution < -0.4 is 20.8 Å². The van der Waals surface area contributed by atoms with Gasteiger partial charge >= 0.3 is 5.97 Å². The normalized spacial score (nSPS) is 20.2. The summed E-state index contributed by atoms with van der Waals surface area (Å²) in [6.45, 7) is 0.386. The van der Waals surface area contributed by atoms with Gasteiger partial charge in [0.05, 0.1) is 16.7 Å². The molecular formula is C24H34N6O6S. The number of aryl methyl sites for hydroxylation is 2. The number of carbonyl (C=O) groups excluding carboxylic acids is 1. The number of aromatic amines is 1. The van der Waals surface area contributed by atoms with Crippen LogP contribution in [-0.4, -0.2) is 66.6 Å². The molecule has 0 bridgehead atoms. The van der Waals surface area contributed by atoms with Gasteiger partial charge in [-0.15, -0.1) is 0 Å². The molecule has 2 aliphatic rings. The van der Waals surface area contributed by atoms with E-state index in [0.717, 1.165) is 44.6 Å². The van der Waals surface area contributed by atoms with Crippen molar-refractivity contribution in [3.8, 4) is 0 Å². The lowest BCUT2D eigenvalue weighted by Crippen LogP contribution is -2.51. The van der Waals surface area contributed by atoms with Crippen LogP contribution in [-0.2, 0) is 37.3 Å². The molecule has 0 spiro atoms. The number of unbranched alkanes of at least 4 members (excludes halogenated alkanes) is 1. The molecule has 1 aromatic heterocycles. The Hall–Kier alpha value is -3.00. The Balaban J connectivity index is 1.14. The third kappa shape index (κ3) is 7.51. The van der Waals surface area contributed by atoms with E-state index in [9.17, 15) is 23.1 Å². The van der Waals surface area contributed by atoms with Crippen LogP contribution in [0.15, 0.2) is 35.2 Å².